The van der Waals surface area contributed by atoms with Crippen molar-refractivity contribution in [1.29, 1.82) is 0 Å². The van der Waals surface area contributed by atoms with E-state index >= 15 is 0 Å². The number of nitrogens with zero attached hydrogens (tertiary/aromatic N) is 3. The Bertz CT molecular complexity index is 449. The van der Waals surface area contributed by atoms with Gasteiger partial charge in [0, 0.05) is 38.2 Å². The molecule has 0 N–H and O–H groups in total. The second-order valence-corrected chi connectivity index (χ2v) is 5.03. The number of hydrogen-bond acceptors (Lipinski definition) is 6. The molecule has 0 aliphatic carbocycles. The van der Waals surface area contributed by atoms with Crippen LogP contribution in [0.25, 0.3) is 0 Å². The van der Waals surface area contributed by atoms with Gasteiger partial charge in [0.1, 0.15) is 11.9 Å². The summed E-state index contributed by atoms with van der Waals surface area (Å²) in [5, 5.41) is 0. The van der Waals surface area contributed by atoms with E-state index in [9.17, 15) is 4.79 Å². The average molecular weight is 279 g/mol. The number of likely N-dealkylation sites (tertiary alicyclic amines) is 1. The summed E-state index contributed by atoms with van der Waals surface area (Å²) in [5.41, 5.74) is 1.00. The molecule has 2 atom stereocenters. The average Bonchev–Trinajstić information content (AvgIpc) is 2.49. The molecule has 1 aliphatic heterocycles. The molecular weight excluding hydrogens is 258 g/mol. The minimum Gasteiger partial charge on any atom is -0.468 e. The van der Waals surface area contributed by atoms with Crippen LogP contribution >= 0.6 is 0 Å². The number of rotatable bonds is 4. The van der Waals surface area contributed by atoms with Crippen LogP contribution < -0.4 is 0 Å². The van der Waals surface area contributed by atoms with E-state index in [0.29, 0.717) is 13.0 Å². The number of carbonyl (C=O) groups excluding carboxylic acids is 1. The first-order valence-electron chi connectivity index (χ1n) is 6.76. The second kappa shape index (κ2) is 6.76. The Hall–Kier alpha value is -1.53. The fraction of sp³-hybridized carbons (Fsp3) is 0.643. The predicted octanol–water partition coefficient (Wildman–Crippen LogP) is 0.937. The van der Waals surface area contributed by atoms with Crippen LogP contribution in [0.2, 0.25) is 0 Å². The van der Waals surface area contributed by atoms with Gasteiger partial charge in [-0.2, -0.15) is 0 Å². The monoisotopic (exact) mass is 279 g/mol. The smallest absolute Gasteiger partial charge is 0.323 e. The molecule has 0 bridgehead atoms. The molecule has 2 heterocycles. The molecule has 0 saturated carbocycles. The lowest BCUT2D eigenvalue weighted by Crippen LogP contribution is -2.49. The van der Waals surface area contributed by atoms with Crippen molar-refractivity contribution in [2.45, 2.75) is 38.5 Å². The van der Waals surface area contributed by atoms with Crippen LogP contribution in [0.4, 0.5) is 0 Å². The van der Waals surface area contributed by atoms with Crippen molar-refractivity contribution in [3.8, 4) is 0 Å². The van der Waals surface area contributed by atoms with Gasteiger partial charge in [-0.3, -0.25) is 9.69 Å². The molecule has 1 aromatic heterocycles. The first-order valence-corrected chi connectivity index (χ1v) is 6.76. The quantitative estimate of drug-likeness (QED) is 0.764. The van der Waals surface area contributed by atoms with Gasteiger partial charge in [-0.25, -0.2) is 9.97 Å². The maximum Gasteiger partial charge on any atom is 0.323 e. The molecule has 0 spiro atoms. The third-order valence-corrected chi connectivity index (χ3v) is 3.69. The van der Waals surface area contributed by atoms with Crippen LogP contribution in [0.5, 0.6) is 0 Å². The van der Waals surface area contributed by atoms with Crippen molar-refractivity contribution in [3.05, 3.63) is 23.8 Å². The predicted molar refractivity (Wildman–Crippen MR) is 73.0 cm³/mol. The van der Waals surface area contributed by atoms with E-state index in [1.165, 1.54) is 7.11 Å². The highest BCUT2D eigenvalue weighted by Gasteiger charge is 2.34. The van der Waals surface area contributed by atoms with Crippen molar-refractivity contribution in [3.63, 3.8) is 0 Å². The highest BCUT2D eigenvalue weighted by Crippen LogP contribution is 2.22. The molecule has 0 radical (unpaired) electrons. The number of esters is 1. The van der Waals surface area contributed by atoms with Gasteiger partial charge in [-0.15, -0.1) is 0 Å². The molecular formula is C14H21N3O3. The van der Waals surface area contributed by atoms with Gasteiger partial charge in [0.05, 0.1) is 13.2 Å². The maximum atomic E-state index is 11.9. The van der Waals surface area contributed by atoms with Crippen LogP contribution in [-0.4, -0.2) is 53.7 Å². The lowest BCUT2D eigenvalue weighted by atomic mass is 9.98. The molecule has 2 rings (SSSR count). The molecule has 1 aliphatic rings. The summed E-state index contributed by atoms with van der Waals surface area (Å²) in [7, 11) is 3.11. The molecule has 6 heteroatoms. The Balaban J connectivity index is 2.07. The molecule has 1 saturated heterocycles. The lowest BCUT2D eigenvalue weighted by Gasteiger charge is -2.37. The maximum absolute atomic E-state index is 11.9. The molecule has 1 fully saturated rings. The summed E-state index contributed by atoms with van der Waals surface area (Å²) in [6.45, 7) is 3.30. The Morgan fingerprint density at radius 2 is 2.10 bits per heavy atom. The SMILES string of the molecule is COC(=O)C1CC(OC)CCN1Cc1cnc(C)nc1. The Labute approximate surface area is 119 Å². The Kier molecular flexibility index (Phi) is 5.03. The van der Waals surface area contributed by atoms with Crippen molar-refractivity contribution in [1.82, 2.24) is 14.9 Å². The first kappa shape index (κ1) is 14.9. The van der Waals surface area contributed by atoms with E-state index in [0.717, 1.165) is 24.4 Å². The van der Waals surface area contributed by atoms with Crippen molar-refractivity contribution in [2.24, 2.45) is 0 Å². The second-order valence-electron chi connectivity index (χ2n) is 5.03. The molecule has 2 unspecified atom stereocenters. The Morgan fingerprint density at radius 3 is 2.70 bits per heavy atom. The van der Waals surface area contributed by atoms with Gasteiger partial charge in [-0.05, 0) is 19.8 Å². The largest absolute Gasteiger partial charge is 0.468 e. The highest BCUT2D eigenvalue weighted by atomic mass is 16.5. The van der Waals surface area contributed by atoms with E-state index in [-0.39, 0.29) is 18.1 Å². The summed E-state index contributed by atoms with van der Waals surface area (Å²) in [6, 6.07) is -0.264. The van der Waals surface area contributed by atoms with Crippen LogP contribution in [0.15, 0.2) is 12.4 Å². The number of hydrogen-bond donors (Lipinski definition) is 0. The zero-order chi connectivity index (χ0) is 14.5. The van der Waals surface area contributed by atoms with Gasteiger partial charge < -0.3 is 9.47 Å². The standard InChI is InChI=1S/C14H21N3O3/c1-10-15-7-11(8-16-10)9-17-5-4-12(19-2)6-13(17)14(18)20-3/h7-8,12-13H,4-6,9H2,1-3H3. The first-order chi connectivity index (χ1) is 9.63. The number of piperidine rings is 1. The molecule has 20 heavy (non-hydrogen) atoms. The third-order valence-electron chi connectivity index (χ3n) is 3.69. The summed E-state index contributed by atoms with van der Waals surface area (Å²) < 4.78 is 10.3. The third kappa shape index (κ3) is 3.52. The molecule has 0 amide bonds. The zero-order valence-electron chi connectivity index (χ0n) is 12.2. The van der Waals surface area contributed by atoms with E-state index < -0.39 is 0 Å². The number of aryl methyl sites for hydroxylation is 1. The van der Waals surface area contributed by atoms with Crippen LogP contribution in [0, 0.1) is 6.92 Å². The van der Waals surface area contributed by atoms with E-state index in [1.54, 1.807) is 19.5 Å². The number of ether oxygens (including phenoxy) is 2. The lowest BCUT2D eigenvalue weighted by molar-refractivity contribution is -0.151. The van der Waals surface area contributed by atoms with Gasteiger partial charge >= 0.3 is 5.97 Å². The van der Waals surface area contributed by atoms with Gasteiger partial charge in [0.25, 0.3) is 0 Å². The van der Waals surface area contributed by atoms with Gasteiger partial charge in [0.2, 0.25) is 0 Å². The van der Waals surface area contributed by atoms with E-state index in [4.69, 9.17) is 9.47 Å². The van der Waals surface area contributed by atoms with Crippen molar-refractivity contribution < 1.29 is 14.3 Å². The van der Waals surface area contributed by atoms with Gasteiger partial charge in [-0.1, -0.05) is 0 Å². The summed E-state index contributed by atoms with van der Waals surface area (Å²) in [5.74, 6) is 0.538. The summed E-state index contributed by atoms with van der Waals surface area (Å²) in [6.07, 6.45) is 5.30. The number of carbonyl (C=O) groups is 1. The van der Waals surface area contributed by atoms with E-state index in [1.807, 2.05) is 6.92 Å². The van der Waals surface area contributed by atoms with Crippen LogP contribution in [0.1, 0.15) is 24.2 Å². The van der Waals surface area contributed by atoms with Crippen molar-refractivity contribution >= 4 is 5.97 Å². The summed E-state index contributed by atoms with van der Waals surface area (Å²) >= 11 is 0. The molecule has 6 nitrogen and oxygen atoms in total. The Morgan fingerprint density at radius 1 is 1.40 bits per heavy atom. The normalized spacial score (nSPS) is 23.6. The highest BCUT2D eigenvalue weighted by molar-refractivity contribution is 5.75. The van der Waals surface area contributed by atoms with E-state index in [2.05, 4.69) is 14.9 Å². The minimum atomic E-state index is -0.264. The molecule has 110 valence electrons. The fourth-order valence-corrected chi connectivity index (χ4v) is 2.50. The fourth-order valence-electron chi connectivity index (χ4n) is 2.50. The topological polar surface area (TPSA) is 64.6 Å². The van der Waals surface area contributed by atoms with Crippen LogP contribution in [-0.2, 0) is 20.8 Å². The van der Waals surface area contributed by atoms with Gasteiger partial charge in [0.15, 0.2) is 0 Å². The van der Waals surface area contributed by atoms with Crippen LogP contribution in [0.3, 0.4) is 0 Å². The minimum absolute atomic E-state index is 0.115. The number of aromatic nitrogens is 2. The molecule has 0 aromatic carbocycles. The molecule has 1 aromatic rings. The number of methoxy groups -OCH3 is 2. The zero-order valence-corrected chi connectivity index (χ0v) is 12.2. The summed E-state index contributed by atoms with van der Waals surface area (Å²) in [4.78, 5) is 22.4. The van der Waals surface area contributed by atoms with Crippen molar-refractivity contribution in [2.75, 3.05) is 20.8 Å².